The number of esters is 1. The third-order valence-electron chi connectivity index (χ3n) is 13.7. The molecule has 0 spiro atoms. The number of hydroxylamine groups is 1. The lowest BCUT2D eigenvalue weighted by Gasteiger charge is -2.23. The Morgan fingerprint density at radius 3 is 1.34 bits per heavy atom. The zero-order valence-electron chi connectivity index (χ0n) is 46.3. The van der Waals surface area contributed by atoms with Crippen LogP contribution in [-0.2, 0) is 17.8 Å². The third kappa shape index (κ3) is 13.6. The van der Waals surface area contributed by atoms with Crippen molar-refractivity contribution in [3.8, 4) is 11.4 Å². The molecule has 0 aliphatic rings. The molecule has 0 aliphatic carbocycles. The predicted octanol–water partition coefficient (Wildman–Crippen LogP) is 11.3. The smallest absolute Gasteiger partial charge is 0.337 e. The molecule has 1 amide bonds. The van der Waals surface area contributed by atoms with Crippen LogP contribution in [0.1, 0.15) is 101 Å². The molecule has 4 heterocycles. The SMILES string of the molecule is C.CC[C@H](Nc1nc(N)nc(C)c1Cl)c1nc2cccc(NCc3ccc(C(=O)NO)cc3)c2c(=O)n1-c1ccccc1.CC[C@H](Nc1nc(N)nc(C)c1Cl)c1nc2cccc(NCc3ccc(C(=O)OC)cc3)c2c(=O)n1-c1ccccc1. The summed E-state index contributed by atoms with van der Waals surface area (Å²) in [6.45, 7) is 8.27. The van der Waals surface area contributed by atoms with Crippen LogP contribution in [0.15, 0.2) is 155 Å². The number of nitrogens with one attached hydrogen (secondary N) is 5. The number of para-hydroxylation sites is 2. The van der Waals surface area contributed by atoms with E-state index in [1.54, 1.807) is 70.9 Å². The predicted molar refractivity (Wildman–Crippen MR) is 335 cm³/mol. The molecule has 2 atom stereocenters. The van der Waals surface area contributed by atoms with Gasteiger partial charge in [0, 0.05) is 30.0 Å². The van der Waals surface area contributed by atoms with Crippen LogP contribution in [0.4, 0.5) is 34.9 Å². The standard InChI is InChI=1S/C31H30ClN7O3.C30H29ClN8O3.CH4/c1-4-22(36-27-26(32)18(2)35-31(33)38-27)28-37-24-12-8-11-23(25(24)29(40)39(28)21-9-6-5-7-10-21)34-17-19-13-15-20(16-14-19)30(41)42-3;1-3-21(35-26-25(31)17(2)34-30(32)37-26)27-36-23-11-7-10-22(24(23)29(41)39(27)20-8-5-4-6-9-20)33-16-18-12-14-19(15-13-18)28(40)38-42;/h5-16,22,34H,4,17H2,1-3H3,(H3,33,35,36,38);4-15,21,33,42H,3,16H2,1-2H3,(H,38,40)(H3,32,34,35,37);1H4/t22-;21-;/m00./s1. The van der Waals surface area contributed by atoms with Crippen molar-refractivity contribution in [2.75, 3.05) is 39.8 Å². The maximum absolute atomic E-state index is 14.3. The number of benzene rings is 6. The largest absolute Gasteiger partial charge is 0.465 e. The molecular weight excluding hydrogens is 1120 g/mol. The van der Waals surface area contributed by atoms with Gasteiger partial charge >= 0.3 is 5.97 Å². The summed E-state index contributed by atoms with van der Waals surface area (Å²) in [4.78, 5) is 78.8. The van der Waals surface area contributed by atoms with Gasteiger partial charge in [0.1, 0.15) is 21.7 Å². The Morgan fingerprint density at radius 2 is 0.965 bits per heavy atom. The third-order valence-corrected chi connectivity index (χ3v) is 14.6. The lowest BCUT2D eigenvalue weighted by Crippen LogP contribution is -2.29. The van der Waals surface area contributed by atoms with E-state index in [0.29, 0.717) is 126 Å². The van der Waals surface area contributed by atoms with Crippen molar-refractivity contribution in [3.63, 3.8) is 0 Å². The molecule has 0 aliphatic heterocycles. The quantitative estimate of drug-likeness (QED) is 0.0225. The summed E-state index contributed by atoms with van der Waals surface area (Å²) >= 11 is 13.0. The second-order valence-electron chi connectivity index (χ2n) is 19.2. The fraction of sp³-hybridized carbons (Fsp3) is 0.194. The van der Waals surface area contributed by atoms with Gasteiger partial charge in [-0.25, -0.2) is 30.2 Å². The molecule has 0 saturated heterocycles. The number of anilines is 6. The fourth-order valence-corrected chi connectivity index (χ4v) is 9.68. The zero-order valence-corrected chi connectivity index (χ0v) is 47.8. The van der Waals surface area contributed by atoms with Crippen molar-refractivity contribution in [2.45, 2.75) is 73.1 Å². The van der Waals surface area contributed by atoms with Gasteiger partial charge in [-0.1, -0.05) is 117 Å². The van der Waals surface area contributed by atoms with E-state index in [4.69, 9.17) is 54.6 Å². The maximum Gasteiger partial charge on any atom is 0.337 e. The average molecular weight is 1190 g/mol. The Balaban J connectivity index is 0.000000219. The Labute approximate surface area is 499 Å². The normalized spacial score (nSPS) is 11.6. The number of ether oxygens (including phenoxy) is 1. The van der Waals surface area contributed by atoms with Gasteiger partial charge in [0.05, 0.1) is 69.3 Å². The van der Waals surface area contributed by atoms with E-state index >= 15 is 0 Å². The molecule has 10 N–H and O–H groups in total. The lowest BCUT2D eigenvalue weighted by atomic mass is 10.1. The number of aromatic nitrogens is 8. The van der Waals surface area contributed by atoms with Crippen molar-refractivity contribution < 1.29 is 19.5 Å². The van der Waals surface area contributed by atoms with Gasteiger partial charge < -0.3 is 37.5 Å². The number of rotatable bonds is 18. The molecule has 6 aromatic carbocycles. The van der Waals surface area contributed by atoms with E-state index in [2.05, 4.69) is 41.2 Å². The molecular formula is C62H63Cl2N15O6. The molecule has 10 rings (SSSR count). The molecule has 0 unspecified atom stereocenters. The average Bonchev–Trinajstić information content (AvgIpc) is 2.22. The lowest BCUT2D eigenvalue weighted by molar-refractivity contribution is 0.0600. The van der Waals surface area contributed by atoms with Crippen LogP contribution in [-0.4, -0.2) is 63.2 Å². The monoisotopic (exact) mass is 1180 g/mol. The number of nitrogens with zero attached hydrogens (tertiary/aromatic N) is 8. The molecule has 85 heavy (non-hydrogen) atoms. The molecule has 21 nitrogen and oxygen atoms in total. The summed E-state index contributed by atoms with van der Waals surface area (Å²) < 4.78 is 7.99. The molecule has 4 aromatic heterocycles. The van der Waals surface area contributed by atoms with Gasteiger partial charge in [0.25, 0.3) is 17.0 Å². The number of amides is 1. The molecule has 10 aromatic rings. The van der Waals surface area contributed by atoms with E-state index in [1.165, 1.54) is 7.11 Å². The number of nitrogens with two attached hydrogens (primary N) is 2. The number of nitrogen functional groups attached to an aromatic ring is 2. The first-order valence-electron chi connectivity index (χ1n) is 26.6. The first-order chi connectivity index (χ1) is 40.6. The number of methoxy groups -OCH3 is 1. The van der Waals surface area contributed by atoms with E-state index in [9.17, 15) is 19.2 Å². The number of carbonyl (C=O) groups excluding carboxylic acids is 2. The van der Waals surface area contributed by atoms with Crippen molar-refractivity contribution in [1.82, 2.24) is 44.5 Å². The van der Waals surface area contributed by atoms with Crippen LogP contribution < -0.4 is 49.3 Å². The Bertz CT molecular complexity index is 3890. The minimum absolute atomic E-state index is 0. The summed E-state index contributed by atoms with van der Waals surface area (Å²) in [6.07, 6.45) is 1.13. The van der Waals surface area contributed by atoms with Gasteiger partial charge in [0.15, 0.2) is 11.6 Å². The number of halogens is 2. The highest BCUT2D eigenvalue weighted by Crippen LogP contribution is 2.33. The molecule has 0 radical (unpaired) electrons. The molecule has 0 bridgehead atoms. The summed E-state index contributed by atoms with van der Waals surface area (Å²) in [7, 11) is 1.35. The number of carbonyl (C=O) groups is 2. The fourth-order valence-electron chi connectivity index (χ4n) is 9.40. The number of hydrogen-bond acceptors (Lipinski definition) is 18. The summed E-state index contributed by atoms with van der Waals surface area (Å²) in [6, 6.07) is 42.6. The number of hydrogen-bond donors (Lipinski definition) is 8. The van der Waals surface area contributed by atoms with E-state index in [1.807, 2.05) is 117 Å². The highest BCUT2D eigenvalue weighted by Gasteiger charge is 2.26. The highest BCUT2D eigenvalue weighted by atomic mass is 35.5. The Hall–Kier alpha value is -9.96. The van der Waals surface area contributed by atoms with E-state index in [-0.39, 0.29) is 30.4 Å². The van der Waals surface area contributed by atoms with E-state index < -0.39 is 24.0 Å². The van der Waals surface area contributed by atoms with Gasteiger partial charge in [0.2, 0.25) is 11.9 Å². The van der Waals surface area contributed by atoms with Crippen molar-refractivity contribution >= 4 is 91.8 Å². The maximum atomic E-state index is 14.3. The Kier molecular flexibility index (Phi) is 19.7. The second kappa shape index (κ2) is 27.4. The van der Waals surface area contributed by atoms with Crippen LogP contribution >= 0.6 is 23.2 Å². The molecule has 23 heteroatoms. The minimum atomic E-state index is -0.590. The first kappa shape index (κ1) is 61.1. The molecule has 436 valence electrons. The van der Waals surface area contributed by atoms with Crippen LogP contribution in [0.5, 0.6) is 0 Å². The van der Waals surface area contributed by atoms with Crippen molar-refractivity contribution in [2.24, 2.45) is 0 Å². The summed E-state index contributed by atoms with van der Waals surface area (Å²) in [5.74, 6) is 0.917. The summed E-state index contributed by atoms with van der Waals surface area (Å²) in [5, 5.41) is 23.8. The van der Waals surface area contributed by atoms with Gasteiger partial charge in [-0.15, -0.1) is 0 Å². The van der Waals surface area contributed by atoms with Crippen LogP contribution in [0, 0.1) is 13.8 Å². The summed E-state index contributed by atoms with van der Waals surface area (Å²) in [5.41, 5.74) is 20.3. The van der Waals surface area contributed by atoms with Gasteiger partial charge in [-0.3, -0.25) is 28.7 Å². The first-order valence-corrected chi connectivity index (χ1v) is 27.4. The second-order valence-corrected chi connectivity index (χ2v) is 20.0. The van der Waals surface area contributed by atoms with Crippen LogP contribution in [0.3, 0.4) is 0 Å². The Morgan fingerprint density at radius 1 is 0.565 bits per heavy atom. The van der Waals surface area contributed by atoms with Crippen molar-refractivity contribution in [1.29, 1.82) is 0 Å². The zero-order chi connectivity index (χ0) is 59.6. The van der Waals surface area contributed by atoms with Crippen LogP contribution in [0.25, 0.3) is 33.2 Å². The molecule has 0 fully saturated rings. The van der Waals surface area contributed by atoms with Gasteiger partial charge in [-0.2, -0.15) is 9.97 Å². The number of aryl methyl sites for hydroxylation is 2. The number of fused-ring (bicyclic) bond motifs is 2. The topological polar surface area (TPSA) is 297 Å². The highest BCUT2D eigenvalue weighted by molar-refractivity contribution is 6.34. The van der Waals surface area contributed by atoms with Crippen molar-refractivity contribution in [3.05, 3.63) is 222 Å². The van der Waals surface area contributed by atoms with Gasteiger partial charge in [-0.05, 0) is 111 Å². The van der Waals surface area contributed by atoms with Crippen LogP contribution in [0.2, 0.25) is 10.0 Å². The molecule has 0 saturated carbocycles. The minimum Gasteiger partial charge on any atom is -0.465 e. The van der Waals surface area contributed by atoms with E-state index in [0.717, 1.165) is 11.1 Å².